The number of nitrogen functional groups attached to an aromatic ring is 1. The molecule has 0 saturated heterocycles. The lowest BCUT2D eigenvalue weighted by Crippen LogP contribution is -2.27. The zero-order valence-electron chi connectivity index (χ0n) is 7.52. The summed E-state index contributed by atoms with van der Waals surface area (Å²) in [6, 6.07) is 4.69. The molecule has 14 heavy (non-hydrogen) atoms. The Labute approximate surface area is 87.1 Å². The van der Waals surface area contributed by atoms with Gasteiger partial charge in [-0.2, -0.15) is 0 Å². The van der Waals surface area contributed by atoms with Crippen molar-refractivity contribution in [3.05, 3.63) is 28.8 Å². The molecule has 2 atom stereocenters. The Morgan fingerprint density at radius 1 is 1.36 bits per heavy atom. The summed E-state index contributed by atoms with van der Waals surface area (Å²) in [5.41, 5.74) is 11.6. The fourth-order valence-corrected chi connectivity index (χ4v) is 1.27. The summed E-state index contributed by atoms with van der Waals surface area (Å²) in [5, 5.41) is 19.2. The van der Waals surface area contributed by atoms with Crippen molar-refractivity contribution in [3.8, 4) is 0 Å². The Bertz CT molecular complexity index is 320. The summed E-state index contributed by atoms with van der Waals surface area (Å²) in [7, 11) is 0. The molecule has 0 radical (unpaired) electrons. The van der Waals surface area contributed by atoms with E-state index in [0.29, 0.717) is 16.3 Å². The van der Waals surface area contributed by atoms with Crippen LogP contribution in [0, 0.1) is 0 Å². The Balaban J connectivity index is 2.91. The predicted octanol–water partition coefficient (Wildman–Crippen LogP) is 0.275. The van der Waals surface area contributed by atoms with Crippen LogP contribution in [-0.2, 0) is 0 Å². The molecule has 5 heteroatoms. The van der Waals surface area contributed by atoms with Crippen molar-refractivity contribution >= 4 is 17.3 Å². The zero-order valence-corrected chi connectivity index (χ0v) is 8.28. The molecule has 0 amide bonds. The Morgan fingerprint density at radius 2 is 2.00 bits per heavy atom. The second kappa shape index (κ2) is 4.61. The molecule has 0 aliphatic rings. The normalized spacial score (nSPS) is 15.1. The van der Waals surface area contributed by atoms with Crippen LogP contribution in [0.5, 0.6) is 0 Å². The molecule has 1 aromatic carbocycles. The minimum atomic E-state index is -1.03. The van der Waals surface area contributed by atoms with Gasteiger partial charge in [-0.25, -0.2) is 0 Å². The fourth-order valence-electron chi connectivity index (χ4n) is 1.08. The molecule has 78 valence electrons. The number of rotatable bonds is 3. The molecular formula is C9H13ClN2O2. The summed E-state index contributed by atoms with van der Waals surface area (Å²) in [4.78, 5) is 0. The van der Waals surface area contributed by atoms with Crippen molar-refractivity contribution in [2.45, 2.75) is 12.2 Å². The molecule has 0 aromatic heterocycles. The van der Waals surface area contributed by atoms with Gasteiger partial charge in [0.15, 0.2) is 0 Å². The van der Waals surface area contributed by atoms with E-state index in [1.807, 2.05) is 0 Å². The first-order valence-electron chi connectivity index (χ1n) is 4.17. The summed E-state index contributed by atoms with van der Waals surface area (Å²) in [6.07, 6.45) is -2.02. The van der Waals surface area contributed by atoms with Crippen molar-refractivity contribution in [3.63, 3.8) is 0 Å². The van der Waals surface area contributed by atoms with E-state index in [4.69, 9.17) is 23.1 Å². The van der Waals surface area contributed by atoms with Gasteiger partial charge in [0.2, 0.25) is 0 Å². The molecule has 1 aromatic rings. The maximum Gasteiger partial charge on any atom is 0.106 e. The van der Waals surface area contributed by atoms with Crippen LogP contribution in [0.1, 0.15) is 11.7 Å². The minimum Gasteiger partial charge on any atom is -0.398 e. The number of nitrogens with two attached hydrogens (primary N) is 2. The zero-order chi connectivity index (χ0) is 10.7. The largest absolute Gasteiger partial charge is 0.398 e. The predicted molar refractivity (Wildman–Crippen MR) is 55.9 cm³/mol. The number of halogens is 1. The molecule has 2 unspecified atom stereocenters. The topological polar surface area (TPSA) is 92.5 Å². The van der Waals surface area contributed by atoms with Gasteiger partial charge in [-0.3, -0.25) is 0 Å². The molecule has 0 spiro atoms. The number of benzene rings is 1. The van der Waals surface area contributed by atoms with Gasteiger partial charge in [0.05, 0.1) is 16.8 Å². The van der Waals surface area contributed by atoms with Crippen LogP contribution < -0.4 is 11.5 Å². The van der Waals surface area contributed by atoms with Gasteiger partial charge in [0, 0.05) is 6.54 Å². The number of hydrogen-bond donors (Lipinski definition) is 4. The summed E-state index contributed by atoms with van der Waals surface area (Å²) in [6.45, 7) is -0.0108. The van der Waals surface area contributed by atoms with E-state index in [1.165, 1.54) is 6.07 Å². The first-order chi connectivity index (χ1) is 6.56. The van der Waals surface area contributed by atoms with Gasteiger partial charge < -0.3 is 21.7 Å². The van der Waals surface area contributed by atoms with Crippen LogP contribution >= 0.6 is 11.6 Å². The third kappa shape index (κ3) is 2.36. The average Bonchev–Trinajstić information content (AvgIpc) is 2.20. The molecule has 1 rings (SSSR count). The minimum absolute atomic E-state index is 0.0108. The van der Waals surface area contributed by atoms with Crippen molar-refractivity contribution in [1.82, 2.24) is 0 Å². The van der Waals surface area contributed by atoms with Crippen LogP contribution in [0.2, 0.25) is 5.02 Å². The summed E-state index contributed by atoms with van der Waals surface area (Å²) >= 11 is 5.76. The van der Waals surface area contributed by atoms with E-state index in [9.17, 15) is 10.2 Å². The van der Waals surface area contributed by atoms with E-state index < -0.39 is 12.2 Å². The number of hydrogen-bond acceptors (Lipinski definition) is 4. The van der Waals surface area contributed by atoms with E-state index in [0.717, 1.165) is 0 Å². The number of anilines is 1. The van der Waals surface area contributed by atoms with E-state index in [-0.39, 0.29) is 6.54 Å². The first kappa shape index (κ1) is 11.3. The van der Waals surface area contributed by atoms with E-state index >= 15 is 0 Å². The van der Waals surface area contributed by atoms with Gasteiger partial charge in [-0.15, -0.1) is 0 Å². The molecular weight excluding hydrogens is 204 g/mol. The second-order valence-corrected chi connectivity index (χ2v) is 3.44. The standard InChI is InChI=1S/C9H13ClN2O2/c10-6-3-5(1-2-7(6)12)9(14)8(13)4-11/h1-3,8-9,13-14H,4,11-12H2. The van der Waals surface area contributed by atoms with Gasteiger partial charge in [0.1, 0.15) is 6.10 Å². The third-order valence-corrected chi connectivity index (χ3v) is 2.30. The Hall–Kier alpha value is -0.810. The molecule has 0 fully saturated rings. The average molecular weight is 217 g/mol. The Morgan fingerprint density at radius 3 is 2.50 bits per heavy atom. The van der Waals surface area contributed by atoms with Crippen LogP contribution in [0.15, 0.2) is 18.2 Å². The quantitative estimate of drug-likeness (QED) is 0.546. The van der Waals surface area contributed by atoms with Crippen LogP contribution in [-0.4, -0.2) is 22.9 Å². The van der Waals surface area contributed by atoms with Crippen LogP contribution in [0.4, 0.5) is 5.69 Å². The van der Waals surface area contributed by atoms with Gasteiger partial charge >= 0.3 is 0 Å². The number of aliphatic hydroxyl groups excluding tert-OH is 2. The van der Waals surface area contributed by atoms with Crippen LogP contribution in [0.3, 0.4) is 0 Å². The highest BCUT2D eigenvalue weighted by Gasteiger charge is 2.17. The molecule has 4 nitrogen and oxygen atoms in total. The van der Waals surface area contributed by atoms with E-state index in [1.54, 1.807) is 12.1 Å². The highest BCUT2D eigenvalue weighted by molar-refractivity contribution is 6.33. The van der Waals surface area contributed by atoms with E-state index in [2.05, 4.69) is 0 Å². The lowest BCUT2D eigenvalue weighted by Gasteiger charge is -2.16. The molecule has 0 aliphatic heterocycles. The van der Waals surface area contributed by atoms with Crippen molar-refractivity contribution in [2.75, 3.05) is 12.3 Å². The molecule has 0 aliphatic carbocycles. The second-order valence-electron chi connectivity index (χ2n) is 3.03. The van der Waals surface area contributed by atoms with Crippen molar-refractivity contribution in [2.24, 2.45) is 5.73 Å². The maximum atomic E-state index is 9.57. The third-order valence-electron chi connectivity index (χ3n) is 1.97. The first-order valence-corrected chi connectivity index (χ1v) is 4.55. The summed E-state index contributed by atoms with van der Waals surface area (Å²) in [5.74, 6) is 0. The molecule has 0 saturated carbocycles. The fraction of sp³-hybridized carbons (Fsp3) is 0.333. The smallest absolute Gasteiger partial charge is 0.106 e. The van der Waals surface area contributed by atoms with Gasteiger partial charge in [0.25, 0.3) is 0 Å². The number of aliphatic hydroxyl groups is 2. The summed E-state index contributed by atoms with van der Waals surface area (Å²) < 4.78 is 0. The maximum absolute atomic E-state index is 9.57. The van der Waals surface area contributed by atoms with Gasteiger partial charge in [-0.05, 0) is 17.7 Å². The Kier molecular flexibility index (Phi) is 3.71. The lowest BCUT2D eigenvalue weighted by molar-refractivity contribution is 0.0243. The van der Waals surface area contributed by atoms with Crippen LogP contribution in [0.25, 0.3) is 0 Å². The monoisotopic (exact) mass is 216 g/mol. The SMILES string of the molecule is NCC(O)C(O)c1ccc(N)c(Cl)c1. The highest BCUT2D eigenvalue weighted by Crippen LogP contribution is 2.24. The molecule has 6 N–H and O–H groups in total. The highest BCUT2D eigenvalue weighted by atomic mass is 35.5. The lowest BCUT2D eigenvalue weighted by atomic mass is 10.0. The molecule has 0 bridgehead atoms. The van der Waals surface area contributed by atoms with Crippen molar-refractivity contribution < 1.29 is 10.2 Å². The van der Waals surface area contributed by atoms with Crippen molar-refractivity contribution in [1.29, 1.82) is 0 Å². The molecule has 0 heterocycles. The van der Waals surface area contributed by atoms with Gasteiger partial charge in [-0.1, -0.05) is 17.7 Å².